The number of ether oxygens (including phenoxy) is 2. The predicted molar refractivity (Wildman–Crippen MR) is 115 cm³/mol. The van der Waals surface area contributed by atoms with Crippen molar-refractivity contribution in [1.82, 2.24) is 9.97 Å². The fraction of sp³-hybridized carbons (Fsp3) is 0.417. The summed E-state index contributed by atoms with van der Waals surface area (Å²) in [5.74, 6) is 4.81. The maximum Gasteiger partial charge on any atom is 0.231 e. The molecule has 5 rings (SSSR count). The maximum absolute atomic E-state index is 5.51. The van der Waals surface area contributed by atoms with Crippen LogP contribution in [0.1, 0.15) is 55.5 Å². The highest BCUT2D eigenvalue weighted by atomic mass is 16.7. The molecule has 1 fully saturated rings. The van der Waals surface area contributed by atoms with Gasteiger partial charge >= 0.3 is 0 Å². The van der Waals surface area contributed by atoms with Crippen LogP contribution in [0.5, 0.6) is 11.5 Å². The van der Waals surface area contributed by atoms with Gasteiger partial charge in [0.2, 0.25) is 6.79 Å². The molecule has 0 unspecified atom stereocenters. The molecule has 1 aliphatic heterocycles. The molecule has 2 aliphatic rings. The van der Waals surface area contributed by atoms with E-state index in [1.807, 2.05) is 12.1 Å². The summed E-state index contributed by atoms with van der Waals surface area (Å²) in [6.45, 7) is 5.43. The molecule has 2 aromatic carbocycles. The molecular formula is C24H27N3O2. The largest absolute Gasteiger partial charge is 0.454 e. The first kappa shape index (κ1) is 18.2. The minimum Gasteiger partial charge on any atom is -0.454 e. The van der Waals surface area contributed by atoms with E-state index in [9.17, 15) is 0 Å². The van der Waals surface area contributed by atoms with E-state index < -0.39 is 0 Å². The number of rotatable bonds is 4. The lowest BCUT2D eigenvalue weighted by Crippen LogP contribution is -2.15. The van der Waals surface area contributed by atoms with E-state index in [2.05, 4.69) is 43.4 Å². The van der Waals surface area contributed by atoms with Gasteiger partial charge in [-0.1, -0.05) is 37.5 Å². The average molecular weight is 389 g/mol. The molecule has 29 heavy (non-hydrogen) atoms. The summed E-state index contributed by atoms with van der Waals surface area (Å²) in [7, 11) is 0. The molecule has 150 valence electrons. The van der Waals surface area contributed by atoms with Crippen LogP contribution >= 0.6 is 0 Å². The van der Waals surface area contributed by atoms with Gasteiger partial charge in [-0.15, -0.1) is 0 Å². The number of hydrogen-bond donors (Lipinski definition) is 1. The van der Waals surface area contributed by atoms with Gasteiger partial charge in [-0.3, -0.25) is 0 Å². The second-order valence-corrected chi connectivity index (χ2v) is 8.45. The molecule has 1 aliphatic carbocycles. The molecule has 1 aromatic heterocycles. The van der Waals surface area contributed by atoms with E-state index in [4.69, 9.17) is 19.4 Å². The van der Waals surface area contributed by atoms with E-state index in [1.165, 1.54) is 31.2 Å². The number of aryl methyl sites for hydroxylation is 1. The zero-order valence-corrected chi connectivity index (χ0v) is 17.1. The molecule has 5 heteroatoms. The third-order valence-electron chi connectivity index (χ3n) is 6.15. The van der Waals surface area contributed by atoms with Crippen LogP contribution < -0.4 is 14.8 Å². The number of aromatic nitrogens is 2. The molecule has 0 amide bonds. The van der Waals surface area contributed by atoms with Crippen molar-refractivity contribution < 1.29 is 9.47 Å². The van der Waals surface area contributed by atoms with Crippen molar-refractivity contribution in [3.05, 3.63) is 53.3 Å². The Balaban J connectivity index is 1.45. The van der Waals surface area contributed by atoms with Crippen molar-refractivity contribution in [2.45, 2.75) is 52.0 Å². The van der Waals surface area contributed by atoms with Gasteiger partial charge in [0.05, 0.1) is 5.52 Å². The van der Waals surface area contributed by atoms with Crippen LogP contribution in [-0.4, -0.2) is 16.8 Å². The second kappa shape index (κ2) is 7.54. The molecule has 0 spiro atoms. The summed E-state index contributed by atoms with van der Waals surface area (Å²) in [6.07, 6.45) is 4.89. The normalized spacial score (nSPS) is 20.8. The Morgan fingerprint density at radius 2 is 1.79 bits per heavy atom. The van der Waals surface area contributed by atoms with Gasteiger partial charge in [-0.05, 0) is 55.5 Å². The lowest BCUT2D eigenvalue weighted by atomic mass is 9.82. The first-order valence-electron chi connectivity index (χ1n) is 10.6. The summed E-state index contributed by atoms with van der Waals surface area (Å²) in [6, 6.07) is 12.5. The molecule has 0 bridgehead atoms. The van der Waals surface area contributed by atoms with E-state index in [0.29, 0.717) is 19.3 Å². The topological polar surface area (TPSA) is 56.3 Å². The highest BCUT2D eigenvalue weighted by Gasteiger charge is 2.23. The fourth-order valence-corrected chi connectivity index (χ4v) is 4.33. The van der Waals surface area contributed by atoms with Gasteiger partial charge in [0.1, 0.15) is 11.6 Å². The molecule has 3 aromatic rings. The quantitative estimate of drug-likeness (QED) is 0.632. The maximum atomic E-state index is 5.51. The van der Waals surface area contributed by atoms with Gasteiger partial charge in [-0.25, -0.2) is 9.97 Å². The third kappa shape index (κ3) is 3.74. The second-order valence-electron chi connectivity index (χ2n) is 8.45. The van der Waals surface area contributed by atoms with Crippen molar-refractivity contribution in [2.75, 3.05) is 12.1 Å². The Labute approximate surface area is 171 Å². The summed E-state index contributed by atoms with van der Waals surface area (Å²) < 4.78 is 10.9. The Kier molecular flexibility index (Phi) is 4.74. The SMILES string of the molecule is Cc1ccc2nc(C3CCC(C)CC3)nc(NCc3ccc4c(c3)OCO4)c2c1. The lowest BCUT2D eigenvalue weighted by molar-refractivity contribution is 0.174. The van der Waals surface area contributed by atoms with Crippen molar-refractivity contribution in [1.29, 1.82) is 0 Å². The van der Waals surface area contributed by atoms with Gasteiger partial charge in [0.25, 0.3) is 0 Å². The van der Waals surface area contributed by atoms with Crippen LogP contribution in [0.3, 0.4) is 0 Å². The highest BCUT2D eigenvalue weighted by molar-refractivity contribution is 5.89. The van der Waals surface area contributed by atoms with Gasteiger partial charge < -0.3 is 14.8 Å². The van der Waals surface area contributed by atoms with Crippen molar-refractivity contribution >= 4 is 16.7 Å². The molecule has 0 atom stereocenters. The molecular weight excluding hydrogens is 362 g/mol. The standard InChI is InChI=1S/C24H27N3O2/c1-15-3-7-18(8-4-15)23-26-20-9-5-16(2)11-19(20)24(27-23)25-13-17-6-10-21-22(12-17)29-14-28-21/h5-6,9-12,15,18H,3-4,7-8,13-14H2,1-2H3,(H,25,26,27). The van der Waals surface area contributed by atoms with Crippen LogP contribution in [0, 0.1) is 12.8 Å². The first-order valence-corrected chi connectivity index (χ1v) is 10.6. The minimum atomic E-state index is 0.297. The molecule has 2 heterocycles. The summed E-state index contributed by atoms with van der Waals surface area (Å²) in [5.41, 5.74) is 3.38. The highest BCUT2D eigenvalue weighted by Crippen LogP contribution is 2.36. The molecule has 5 nitrogen and oxygen atoms in total. The van der Waals surface area contributed by atoms with Gasteiger partial charge in [0.15, 0.2) is 11.5 Å². The Hall–Kier alpha value is -2.82. The number of hydrogen-bond acceptors (Lipinski definition) is 5. The van der Waals surface area contributed by atoms with Crippen LogP contribution in [0.4, 0.5) is 5.82 Å². The predicted octanol–water partition coefficient (Wildman–Crippen LogP) is 5.57. The van der Waals surface area contributed by atoms with Crippen molar-refractivity contribution in [3.63, 3.8) is 0 Å². The Morgan fingerprint density at radius 1 is 0.966 bits per heavy atom. The Morgan fingerprint density at radius 3 is 2.66 bits per heavy atom. The summed E-state index contributed by atoms with van der Waals surface area (Å²) in [4.78, 5) is 9.94. The molecule has 0 radical (unpaired) electrons. The monoisotopic (exact) mass is 389 g/mol. The van der Waals surface area contributed by atoms with Gasteiger partial charge in [0, 0.05) is 17.8 Å². The van der Waals surface area contributed by atoms with Crippen LogP contribution in [0.25, 0.3) is 10.9 Å². The van der Waals surface area contributed by atoms with Crippen molar-refractivity contribution in [3.8, 4) is 11.5 Å². The summed E-state index contributed by atoms with van der Waals surface area (Å²) in [5, 5.41) is 4.65. The molecule has 0 saturated heterocycles. The van der Waals surface area contributed by atoms with Crippen LogP contribution in [0.15, 0.2) is 36.4 Å². The number of anilines is 1. The fourth-order valence-electron chi connectivity index (χ4n) is 4.33. The number of nitrogens with one attached hydrogen (secondary N) is 1. The van der Waals surface area contributed by atoms with E-state index in [-0.39, 0.29) is 0 Å². The molecule has 1 saturated carbocycles. The average Bonchev–Trinajstić information content (AvgIpc) is 3.20. The van der Waals surface area contributed by atoms with E-state index in [0.717, 1.165) is 45.5 Å². The number of nitrogens with zero attached hydrogens (tertiary/aromatic N) is 2. The third-order valence-corrected chi connectivity index (χ3v) is 6.15. The summed E-state index contributed by atoms with van der Waals surface area (Å²) >= 11 is 0. The zero-order valence-electron chi connectivity index (χ0n) is 17.1. The minimum absolute atomic E-state index is 0.297. The van der Waals surface area contributed by atoms with Gasteiger partial charge in [-0.2, -0.15) is 0 Å². The van der Waals surface area contributed by atoms with Crippen LogP contribution in [-0.2, 0) is 6.54 Å². The zero-order chi connectivity index (χ0) is 19.8. The van der Waals surface area contributed by atoms with Crippen LogP contribution in [0.2, 0.25) is 0 Å². The first-order chi connectivity index (χ1) is 14.2. The number of benzene rings is 2. The Bertz CT molecular complexity index is 1040. The molecule has 1 N–H and O–H groups in total. The van der Waals surface area contributed by atoms with E-state index >= 15 is 0 Å². The van der Waals surface area contributed by atoms with E-state index in [1.54, 1.807) is 0 Å². The smallest absolute Gasteiger partial charge is 0.231 e. The van der Waals surface area contributed by atoms with Crippen molar-refractivity contribution in [2.24, 2.45) is 5.92 Å². The lowest BCUT2D eigenvalue weighted by Gasteiger charge is -2.25. The number of fused-ring (bicyclic) bond motifs is 2.